The van der Waals surface area contributed by atoms with Gasteiger partial charge in [-0.1, -0.05) is 83.9 Å². The number of halogens is 4. The van der Waals surface area contributed by atoms with Gasteiger partial charge in [0, 0.05) is 69.0 Å². The molecule has 0 bridgehead atoms. The van der Waals surface area contributed by atoms with Gasteiger partial charge in [-0.3, -0.25) is 57.5 Å². The fraction of sp³-hybridized carbons (Fsp3) is 0.731. The number of nitrogens with one attached hydrogen (secondary N) is 3. The quantitative estimate of drug-likeness (QED) is 0.309. The average molecular weight is 1360 g/mol. The van der Waals surface area contributed by atoms with E-state index < -0.39 is 173 Å². The topological polar surface area (TPSA) is 270 Å². The van der Waals surface area contributed by atoms with Crippen LogP contribution in [0.4, 0.5) is 13.2 Å². The molecule has 8 atom stereocenters. The number of aryl methyl sites for hydroxylation is 1. The summed E-state index contributed by atoms with van der Waals surface area (Å²) >= 11 is 6.10. The number of hydrogen-bond donors (Lipinski definition) is 3. The Balaban J connectivity index is 1.41. The summed E-state index contributed by atoms with van der Waals surface area (Å²) in [5.74, 6) is -8.98. The Morgan fingerprint density at radius 2 is 1.26 bits per heavy atom. The van der Waals surface area contributed by atoms with Crippen molar-refractivity contribution in [1.82, 2.24) is 60.0 Å². The lowest BCUT2D eigenvalue weighted by molar-refractivity contribution is -0.157. The highest BCUT2D eigenvalue weighted by Crippen LogP contribution is 2.38. The van der Waals surface area contributed by atoms with Gasteiger partial charge in [-0.25, -0.2) is 0 Å². The van der Waals surface area contributed by atoms with Gasteiger partial charge in [-0.05, 0) is 119 Å². The number of hydrogen-bond acceptors (Lipinski definition) is 12. The number of alkyl halides is 3. The minimum absolute atomic E-state index is 0.0343. The van der Waals surface area contributed by atoms with Crippen LogP contribution < -0.4 is 16.0 Å². The number of carbonyl (C=O) groups is 12. The van der Waals surface area contributed by atoms with Gasteiger partial charge >= 0.3 is 6.18 Å². The van der Waals surface area contributed by atoms with Crippen LogP contribution in [0.3, 0.4) is 0 Å². The molecular formula is C67H102ClF3N12O12. The summed E-state index contributed by atoms with van der Waals surface area (Å²) in [6.07, 6.45) is 2.51. The summed E-state index contributed by atoms with van der Waals surface area (Å²) in [6, 6.07) is -5.65. The summed E-state index contributed by atoms with van der Waals surface area (Å²) in [7, 11) is 9.74. The van der Waals surface area contributed by atoms with Crippen molar-refractivity contribution in [3.05, 3.63) is 34.3 Å². The number of amides is 12. The van der Waals surface area contributed by atoms with Crippen molar-refractivity contribution in [1.29, 1.82) is 0 Å². The second-order valence-corrected chi connectivity index (χ2v) is 28.0. The molecule has 3 N–H and O–H groups in total. The third-order valence-electron chi connectivity index (χ3n) is 20.3. The molecule has 6 rings (SSSR count). The van der Waals surface area contributed by atoms with Gasteiger partial charge in [0.1, 0.15) is 47.8 Å². The largest absolute Gasteiger partial charge is 0.417 e. The maximum Gasteiger partial charge on any atom is 0.417 e. The van der Waals surface area contributed by atoms with Crippen LogP contribution in [-0.2, 0) is 70.1 Å². The van der Waals surface area contributed by atoms with Gasteiger partial charge in [0.25, 0.3) is 0 Å². The van der Waals surface area contributed by atoms with Crippen molar-refractivity contribution in [2.75, 3.05) is 88.6 Å². The Kier molecular flexibility index (Phi) is 27.3. The van der Waals surface area contributed by atoms with Crippen LogP contribution in [0.25, 0.3) is 0 Å². The molecule has 5 aliphatic rings. The molecule has 5 fully saturated rings. The third kappa shape index (κ3) is 19.2. The van der Waals surface area contributed by atoms with E-state index >= 15 is 28.8 Å². The molecule has 530 valence electrons. The zero-order chi connectivity index (χ0) is 70.6. The molecule has 1 aromatic rings. The maximum absolute atomic E-state index is 15.7. The fourth-order valence-corrected chi connectivity index (χ4v) is 14.3. The molecule has 12 amide bonds. The number of likely N-dealkylation sites (tertiary alicyclic amines) is 1. The van der Waals surface area contributed by atoms with Crippen molar-refractivity contribution < 1.29 is 70.7 Å². The van der Waals surface area contributed by atoms with Crippen LogP contribution in [0, 0.1) is 17.8 Å². The van der Waals surface area contributed by atoms with Crippen molar-refractivity contribution in [3.8, 4) is 0 Å². The van der Waals surface area contributed by atoms with Crippen LogP contribution in [0.15, 0.2) is 18.2 Å². The number of rotatable bonds is 9. The van der Waals surface area contributed by atoms with E-state index in [9.17, 15) is 41.9 Å². The first-order valence-electron chi connectivity index (χ1n) is 33.8. The van der Waals surface area contributed by atoms with Crippen molar-refractivity contribution >= 4 is 82.5 Å². The average Bonchev–Trinajstić information content (AvgIpc) is 1.77. The van der Waals surface area contributed by atoms with E-state index in [1.54, 1.807) is 11.8 Å². The SMILES string of the molecule is CC[C@H](C)[C@@H]1NC(=O)[C@H](CC(C)C)N(C)C(=O)C[C@@H](C(=O)N2CCCCC2)N(C)C(=O)[C@H](C2CCCCC2)N(C)C(=O)C2(CCCC2)NC(=O)[C@@H]2CCCN2C(=O)[C@H](CCc2ccc(C(F)(F)F)c(Cl)c2)NC(=O)CN(C)C(=O)[C@H](C)N(C)C(=O)CN(C)C(=O)CN(C)C1=O. The molecule has 0 aromatic heterocycles. The van der Waals surface area contributed by atoms with E-state index in [4.69, 9.17) is 11.6 Å². The monoisotopic (exact) mass is 1360 g/mol. The highest BCUT2D eigenvalue weighted by atomic mass is 35.5. The van der Waals surface area contributed by atoms with Gasteiger partial charge in [-0.15, -0.1) is 0 Å². The number of carbonyl (C=O) groups excluding carboxylic acids is 12. The smallest absolute Gasteiger partial charge is 0.343 e. The summed E-state index contributed by atoms with van der Waals surface area (Å²) < 4.78 is 41.3. The standard InChI is InChI=1S/C67H102ClF3N12O12/c1-13-42(4)56-63(93)77(8)39-54(86)75(6)40-55(87)78(9)43(5)60(90)76(7)38-52(84)72-48(29-27-44-26-28-46(47(68)36-44)67(69,70)71)61(91)83-34-22-25-49(83)59(89)74-66(30-18-19-31-66)65(95)81(12)57(45-23-16-14-17-24-45)64(94)80(11)51(62(92)82-32-20-15-21-33-82)37-53(85)79(10)50(35-41(2)3)58(88)73-56/h26,28,36,41-43,45,48-51,56-57H,13-25,27,29-35,37-40H2,1-12H3,(H,72,84)(H,73,88)(H,74,89)/t42-,43-,48-,49-,50-,51-,56-,57-/m0/s1. The first-order chi connectivity index (χ1) is 44.6. The molecule has 3 saturated heterocycles. The zero-order valence-corrected chi connectivity index (χ0v) is 58.4. The molecule has 2 aliphatic carbocycles. The summed E-state index contributed by atoms with van der Waals surface area (Å²) in [6.45, 7) is 7.76. The Labute approximate surface area is 562 Å². The lowest BCUT2D eigenvalue weighted by Crippen LogP contribution is -2.65. The van der Waals surface area contributed by atoms with Gasteiger partial charge in [-0.2, -0.15) is 13.2 Å². The second-order valence-electron chi connectivity index (χ2n) is 27.6. The van der Waals surface area contributed by atoms with Crippen LogP contribution in [0.5, 0.6) is 0 Å². The second kappa shape index (κ2) is 33.7. The Morgan fingerprint density at radius 3 is 1.86 bits per heavy atom. The van der Waals surface area contributed by atoms with Crippen LogP contribution in [-0.4, -0.2) is 251 Å². The molecule has 1 spiro atoms. The molecule has 24 nitrogen and oxygen atoms in total. The molecule has 3 aliphatic heterocycles. The predicted octanol–water partition coefficient (Wildman–Crippen LogP) is 4.47. The van der Waals surface area contributed by atoms with Gasteiger partial charge < -0.3 is 60.0 Å². The van der Waals surface area contributed by atoms with Gasteiger partial charge in [0.05, 0.1) is 36.6 Å². The molecule has 1 aromatic carbocycles. The highest BCUT2D eigenvalue weighted by molar-refractivity contribution is 6.31. The van der Waals surface area contributed by atoms with E-state index in [-0.39, 0.29) is 51.0 Å². The van der Waals surface area contributed by atoms with E-state index in [1.807, 2.05) is 20.8 Å². The highest BCUT2D eigenvalue weighted by Gasteiger charge is 2.51. The number of piperidine rings is 1. The molecule has 0 radical (unpaired) electrons. The lowest BCUT2D eigenvalue weighted by Gasteiger charge is -2.43. The molecule has 2 saturated carbocycles. The van der Waals surface area contributed by atoms with Crippen LogP contribution in [0.2, 0.25) is 5.02 Å². The lowest BCUT2D eigenvalue weighted by atomic mass is 9.81. The Hall–Kier alpha value is -7.06. The van der Waals surface area contributed by atoms with Crippen LogP contribution >= 0.6 is 11.6 Å². The minimum atomic E-state index is -4.76. The van der Waals surface area contributed by atoms with Gasteiger partial charge in [0.2, 0.25) is 70.9 Å². The fourth-order valence-electron chi connectivity index (χ4n) is 14.0. The number of fused-ring (bicyclic) bond motifs is 1. The maximum atomic E-state index is 15.7. The molecule has 0 unspecified atom stereocenters. The van der Waals surface area contributed by atoms with Gasteiger partial charge in [0.15, 0.2) is 0 Å². The number of likely N-dealkylation sites (N-methyl/N-ethyl adjacent to an activating group) is 7. The predicted molar refractivity (Wildman–Crippen MR) is 348 cm³/mol. The van der Waals surface area contributed by atoms with Crippen molar-refractivity contribution in [2.45, 2.75) is 211 Å². The summed E-state index contributed by atoms with van der Waals surface area (Å²) in [5, 5.41) is 8.05. The Morgan fingerprint density at radius 1 is 0.653 bits per heavy atom. The van der Waals surface area contributed by atoms with Crippen molar-refractivity contribution in [2.24, 2.45) is 17.8 Å². The Bertz CT molecular complexity index is 2970. The summed E-state index contributed by atoms with van der Waals surface area (Å²) in [5.41, 5.74) is -2.35. The normalized spacial score (nSPS) is 26.6. The van der Waals surface area contributed by atoms with E-state index in [1.165, 1.54) is 81.9 Å². The first kappa shape index (κ1) is 77.0. The summed E-state index contributed by atoms with van der Waals surface area (Å²) in [4.78, 5) is 187. The number of benzene rings is 1. The van der Waals surface area contributed by atoms with E-state index in [0.29, 0.717) is 70.0 Å². The molecule has 28 heteroatoms. The van der Waals surface area contributed by atoms with E-state index in [2.05, 4.69) is 16.0 Å². The molecule has 3 heterocycles. The van der Waals surface area contributed by atoms with Crippen LogP contribution in [0.1, 0.15) is 161 Å². The minimum Gasteiger partial charge on any atom is -0.343 e. The molecular weight excluding hydrogens is 1260 g/mol. The third-order valence-corrected chi connectivity index (χ3v) is 20.6. The first-order valence-corrected chi connectivity index (χ1v) is 34.2. The number of nitrogens with zero attached hydrogens (tertiary/aromatic N) is 9. The van der Waals surface area contributed by atoms with E-state index in [0.717, 1.165) is 57.4 Å². The zero-order valence-electron chi connectivity index (χ0n) is 57.6. The van der Waals surface area contributed by atoms with Crippen molar-refractivity contribution in [3.63, 3.8) is 0 Å². The molecule has 95 heavy (non-hydrogen) atoms.